The molecule has 22 heavy (non-hydrogen) atoms. The van der Waals surface area contributed by atoms with E-state index >= 15 is 0 Å². The summed E-state index contributed by atoms with van der Waals surface area (Å²) in [7, 11) is -3.29. The summed E-state index contributed by atoms with van der Waals surface area (Å²) in [5, 5.41) is 2.71. The van der Waals surface area contributed by atoms with E-state index in [9.17, 15) is 13.2 Å². The van der Waals surface area contributed by atoms with Crippen molar-refractivity contribution in [2.75, 3.05) is 18.8 Å². The maximum Gasteiger partial charge on any atom is 0.261 e. The van der Waals surface area contributed by atoms with Crippen LogP contribution in [0.15, 0.2) is 6.07 Å². The molecule has 2 N–H and O–H groups in total. The first kappa shape index (κ1) is 16.0. The lowest BCUT2D eigenvalue weighted by atomic mass is 9.86. The number of amides is 1. The molecular formula is C15H22N2O3S2. The first-order chi connectivity index (χ1) is 10.5. The first-order valence-corrected chi connectivity index (χ1v) is 10.4. The average Bonchev–Trinajstić information content (AvgIpc) is 2.96. The molecule has 0 aromatic carbocycles. The summed E-state index contributed by atoms with van der Waals surface area (Å²) < 4.78 is 26.3. The maximum atomic E-state index is 12.0. The zero-order valence-electron chi connectivity index (χ0n) is 12.6. The van der Waals surface area contributed by atoms with Crippen molar-refractivity contribution >= 4 is 27.3 Å². The molecule has 0 spiro atoms. The van der Waals surface area contributed by atoms with Gasteiger partial charge in [0.15, 0.2) is 0 Å². The zero-order valence-corrected chi connectivity index (χ0v) is 14.2. The van der Waals surface area contributed by atoms with E-state index in [2.05, 4.69) is 10.0 Å². The van der Waals surface area contributed by atoms with E-state index in [0.717, 1.165) is 25.7 Å². The van der Waals surface area contributed by atoms with Gasteiger partial charge in [-0.15, -0.1) is 11.3 Å². The summed E-state index contributed by atoms with van der Waals surface area (Å²) in [6, 6.07) is 1.95. The van der Waals surface area contributed by atoms with E-state index in [0.29, 0.717) is 17.3 Å². The molecule has 1 amide bonds. The lowest BCUT2D eigenvalue weighted by molar-refractivity contribution is 0.0960. The van der Waals surface area contributed by atoms with Crippen LogP contribution in [0.25, 0.3) is 0 Å². The Morgan fingerprint density at radius 3 is 2.77 bits per heavy atom. The molecule has 0 unspecified atom stereocenters. The van der Waals surface area contributed by atoms with Crippen LogP contribution in [0.1, 0.15) is 45.8 Å². The van der Waals surface area contributed by atoms with Gasteiger partial charge < -0.3 is 5.32 Å². The summed E-state index contributed by atoms with van der Waals surface area (Å²) in [5.41, 5.74) is 1.28. The number of hydrogen-bond acceptors (Lipinski definition) is 4. The molecule has 7 heteroatoms. The molecule has 2 aliphatic carbocycles. The van der Waals surface area contributed by atoms with Crippen LogP contribution >= 0.6 is 11.3 Å². The predicted octanol–water partition coefficient (Wildman–Crippen LogP) is 1.69. The van der Waals surface area contributed by atoms with Gasteiger partial charge in [0.2, 0.25) is 10.0 Å². The van der Waals surface area contributed by atoms with Gasteiger partial charge in [0.1, 0.15) is 0 Å². The molecule has 0 bridgehead atoms. The molecule has 0 atom stereocenters. The minimum atomic E-state index is -3.29. The van der Waals surface area contributed by atoms with Crippen molar-refractivity contribution in [3.05, 3.63) is 21.4 Å². The number of fused-ring (bicyclic) bond motifs is 1. The van der Waals surface area contributed by atoms with Gasteiger partial charge >= 0.3 is 0 Å². The smallest absolute Gasteiger partial charge is 0.261 e. The molecule has 1 aromatic heterocycles. The van der Waals surface area contributed by atoms with Crippen LogP contribution in [0.5, 0.6) is 0 Å². The largest absolute Gasteiger partial charge is 0.350 e. The minimum absolute atomic E-state index is 0.0590. The van der Waals surface area contributed by atoms with Gasteiger partial charge in [0, 0.05) is 18.0 Å². The highest BCUT2D eigenvalue weighted by molar-refractivity contribution is 7.89. The third-order valence-electron chi connectivity index (χ3n) is 4.44. The van der Waals surface area contributed by atoms with Crippen LogP contribution in [0, 0.1) is 5.92 Å². The van der Waals surface area contributed by atoms with Crippen molar-refractivity contribution in [1.82, 2.24) is 10.0 Å². The van der Waals surface area contributed by atoms with Gasteiger partial charge in [-0.3, -0.25) is 4.79 Å². The third-order valence-corrected chi connectivity index (χ3v) is 7.03. The van der Waals surface area contributed by atoms with Crippen molar-refractivity contribution < 1.29 is 13.2 Å². The molecule has 1 saturated carbocycles. The van der Waals surface area contributed by atoms with Gasteiger partial charge in [-0.2, -0.15) is 0 Å². The van der Waals surface area contributed by atoms with Crippen LogP contribution in [0.3, 0.4) is 0 Å². The molecule has 5 nitrogen and oxygen atoms in total. The van der Waals surface area contributed by atoms with Crippen molar-refractivity contribution in [2.24, 2.45) is 5.92 Å². The number of rotatable bonds is 7. The quantitative estimate of drug-likeness (QED) is 0.792. The number of nitrogens with one attached hydrogen (secondary N) is 2. The number of carbonyl (C=O) groups is 1. The predicted molar refractivity (Wildman–Crippen MR) is 87.8 cm³/mol. The Balaban J connectivity index is 1.42. The third kappa shape index (κ3) is 3.88. The molecule has 1 heterocycles. The van der Waals surface area contributed by atoms with Gasteiger partial charge in [-0.05, 0) is 49.7 Å². The number of sulfonamides is 1. The van der Waals surface area contributed by atoms with Crippen molar-refractivity contribution in [1.29, 1.82) is 0 Å². The summed E-state index contributed by atoms with van der Waals surface area (Å²) in [5.74, 6) is 0.280. The molecule has 1 fully saturated rings. The monoisotopic (exact) mass is 342 g/mol. The van der Waals surface area contributed by atoms with Crippen molar-refractivity contribution in [2.45, 2.75) is 38.5 Å². The SMILES string of the molecule is O=C(NCCS(=O)(=O)NCC1CCC1)c1cc2c(s1)CCC2. The van der Waals surface area contributed by atoms with E-state index < -0.39 is 10.0 Å². The fourth-order valence-electron chi connectivity index (χ4n) is 2.84. The standard InChI is InChI=1S/C15H22N2O3S2/c18-15(14-9-12-5-2-6-13(12)21-14)16-7-8-22(19,20)17-10-11-3-1-4-11/h9,11,17H,1-8,10H2,(H,16,18). The molecule has 1 aromatic rings. The fourth-order valence-corrected chi connectivity index (χ4v) is 5.02. The van der Waals surface area contributed by atoms with Gasteiger partial charge in [-0.1, -0.05) is 6.42 Å². The van der Waals surface area contributed by atoms with E-state index in [4.69, 9.17) is 0 Å². The van der Waals surface area contributed by atoms with E-state index in [1.807, 2.05) is 6.07 Å². The van der Waals surface area contributed by atoms with Crippen LogP contribution in [-0.4, -0.2) is 33.2 Å². The number of carbonyl (C=O) groups excluding carboxylic acids is 1. The fraction of sp³-hybridized carbons (Fsp3) is 0.667. The summed E-state index contributed by atoms with van der Waals surface area (Å²) >= 11 is 1.54. The highest BCUT2D eigenvalue weighted by atomic mass is 32.2. The van der Waals surface area contributed by atoms with Crippen LogP contribution in [0.4, 0.5) is 0 Å². The normalized spacial score (nSPS) is 18.0. The number of hydrogen-bond donors (Lipinski definition) is 2. The summed E-state index contributed by atoms with van der Waals surface area (Å²) in [6.07, 6.45) is 6.72. The molecular weight excluding hydrogens is 320 g/mol. The van der Waals surface area contributed by atoms with Crippen LogP contribution < -0.4 is 10.0 Å². The Morgan fingerprint density at radius 2 is 2.09 bits per heavy atom. The second-order valence-corrected chi connectivity index (χ2v) is 9.20. The zero-order chi connectivity index (χ0) is 15.6. The Kier molecular flexibility index (Phi) is 4.84. The lowest BCUT2D eigenvalue weighted by Crippen LogP contribution is -2.37. The van der Waals surface area contributed by atoms with Crippen molar-refractivity contribution in [3.63, 3.8) is 0 Å². The van der Waals surface area contributed by atoms with E-state index in [1.165, 1.54) is 34.6 Å². The average molecular weight is 342 g/mol. The van der Waals surface area contributed by atoms with Gasteiger partial charge in [0.25, 0.3) is 5.91 Å². The minimum Gasteiger partial charge on any atom is -0.350 e. The highest BCUT2D eigenvalue weighted by Crippen LogP contribution is 2.30. The molecule has 3 rings (SSSR count). The van der Waals surface area contributed by atoms with E-state index in [1.54, 1.807) is 0 Å². The van der Waals surface area contributed by atoms with Crippen molar-refractivity contribution in [3.8, 4) is 0 Å². The van der Waals surface area contributed by atoms with Crippen LogP contribution in [0.2, 0.25) is 0 Å². The molecule has 2 aliphatic rings. The molecule has 122 valence electrons. The van der Waals surface area contributed by atoms with Gasteiger partial charge in [-0.25, -0.2) is 13.1 Å². The molecule has 0 aliphatic heterocycles. The first-order valence-electron chi connectivity index (χ1n) is 7.90. The summed E-state index contributed by atoms with van der Waals surface area (Å²) in [4.78, 5) is 14.0. The van der Waals surface area contributed by atoms with Gasteiger partial charge in [0.05, 0.1) is 10.6 Å². The topological polar surface area (TPSA) is 75.3 Å². The Hall–Kier alpha value is -0.920. The Labute approximate surface area is 135 Å². The van der Waals surface area contributed by atoms with E-state index in [-0.39, 0.29) is 18.2 Å². The Morgan fingerprint density at radius 1 is 1.27 bits per heavy atom. The lowest BCUT2D eigenvalue weighted by Gasteiger charge is -2.25. The second kappa shape index (κ2) is 6.68. The number of thiophene rings is 1. The molecule has 0 saturated heterocycles. The Bertz CT molecular complexity index is 626. The number of aryl methyl sites for hydroxylation is 2. The highest BCUT2D eigenvalue weighted by Gasteiger charge is 2.21. The maximum absolute atomic E-state index is 12.0. The second-order valence-electron chi connectivity index (χ2n) is 6.13. The van der Waals surface area contributed by atoms with Crippen LogP contribution in [-0.2, 0) is 22.9 Å². The summed E-state index contributed by atoms with van der Waals surface area (Å²) in [6.45, 7) is 0.690. The molecule has 0 radical (unpaired) electrons.